The van der Waals surface area contributed by atoms with E-state index in [0.29, 0.717) is 46.7 Å². The number of nitrogens with two attached hydrogens (primary N) is 2. The van der Waals surface area contributed by atoms with Crippen molar-refractivity contribution >= 4 is 34.4 Å². The number of aromatic nitrogens is 1. The van der Waals surface area contributed by atoms with Crippen LogP contribution in [0.4, 0.5) is 11.5 Å². The number of hydrogen-bond acceptors (Lipinski definition) is 11. The molecule has 0 amide bonds. The molecule has 0 aliphatic heterocycles. The number of nitrogens with one attached hydrogen (secondary N) is 2. The van der Waals surface area contributed by atoms with Crippen LogP contribution in [0, 0.1) is 0 Å². The van der Waals surface area contributed by atoms with Crippen LogP contribution < -0.4 is 35.8 Å². The van der Waals surface area contributed by atoms with E-state index >= 15 is 0 Å². The highest BCUT2D eigenvalue weighted by Crippen LogP contribution is 2.40. The fourth-order valence-corrected chi connectivity index (χ4v) is 3.63. The van der Waals surface area contributed by atoms with Gasteiger partial charge in [-0.1, -0.05) is 11.2 Å². The minimum atomic E-state index is 0.360. The number of rotatable bonds is 10. The first-order chi connectivity index (χ1) is 15.0. The minimum absolute atomic E-state index is 0.360. The lowest BCUT2D eigenvalue weighted by atomic mass is 10.2. The maximum Gasteiger partial charge on any atom is 0.187 e. The van der Waals surface area contributed by atoms with Crippen LogP contribution in [0.1, 0.15) is 6.92 Å². The summed E-state index contributed by atoms with van der Waals surface area (Å²) in [6.07, 6.45) is 1.59. The molecule has 1 heterocycles. The van der Waals surface area contributed by atoms with Crippen molar-refractivity contribution in [3.63, 3.8) is 0 Å². The summed E-state index contributed by atoms with van der Waals surface area (Å²) in [5.74, 6) is 8.57. The fourth-order valence-electron chi connectivity index (χ4n) is 2.78. The lowest BCUT2D eigenvalue weighted by Gasteiger charge is -2.15. The van der Waals surface area contributed by atoms with E-state index in [-0.39, 0.29) is 0 Å². The van der Waals surface area contributed by atoms with Crippen LogP contribution in [-0.2, 0) is 0 Å². The predicted molar refractivity (Wildman–Crippen MR) is 122 cm³/mol. The van der Waals surface area contributed by atoms with Gasteiger partial charge in [-0.2, -0.15) is 0 Å². The Kier molecular flexibility index (Phi) is 7.21. The average molecular weight is 447 g/mol. The van der Waals surface area contributed by atoms with Crippen molar-refractivity contribution < 1.29 is 18.7 Å². The largest absolute Gasteiger partial charge is 0.495 e. The zero-order valence-corrected chi connectivity index (χ0v) is 18.6. The Morgan fingerprint density at radius 2 is 1.84 bits per heavy atom. The van der Waals surface area contributed by atoms with Crippen LogP contribution in [0.5, 0.6) is 17.2 Å². The number of fused-ring (bicyclic) bond motifs is 1. The topological polar surface area (TPSA) is 133 Å². The summed E-state index contributed by atoms with van der Waals surface area (Å²) in [4.78, 5) is 0.786. The summed E-state index contributed by atoms with van der Waals surface area (Å²) >= 11 is 1.31. The maximum absolute atomic E-state index is 6.01. The molecule has 1 aromatic heterocycles. The molecule has 0 atom stereocenters. The lowest BCUT2D eigenvalue weighted by molar-refractivity contribution is 0.376. The quantitative estimate of drug-likeness (QED) is 0.207. The number of hydrazine groups is 1. The molecule has 0 radical (unpaired) electrons. The van der Waals surface area contributed by atoms with Crippen molar-refractivity contribution in [1.29, 1.82) is 0 Å². The van der Waals surface area contributed by atoms with Gasteiger partial charge < -0.3 is 39.5 Å². The second kappa shape index (κ2) is 10.0. The van der Waals surface area contributed by atoms with Gasteiger partial charge in [0.15, 0.2) is 11.4 Å². The Labute approximate surface area is 184 Å². The molecule has 6 N–H and O–H groups in total. The molecule has 11 heteroatoms. The highest BCUT2D eigenvalue weighted by atomic mass is 32.2. The van der Waals surface area contributed by atoms with Crippen LogP contribution in [0.3, 0.4) is 0 Å². The van der Waals surface area contributed by atoms with Crippen LogP contribution in [-0.4, -0.2) is 38.0 Å². The first kappa shape index (κ1) is 22.2. The third kappa shape index (κ3) is 5.01. The summed E-state index contributed by atoms with van der Waals surface area (Å²) in [6, 6.07) is 9.13. The number of methoxy groups -OCH3 is 3. The zero-order chi connectivity index (χ0) is 22.4. The van der Waals surface area contributed by atoms with Crippen molar-refractivity contribution in [2.24, 2.45) is 11.6 Å². The molecule has 0 saturated heterocycles. The molecular weight excluding hydrogens is 420 g/mol. The highest BCUT2D eigenvalue weighted by Gasteiger charge is 2.16. The number of hydrogen-bond donors (Lipinski definition) is 4. The SMILES string of the molecule is CCN(N)/C=C(\N)Nc1cc2onc(NSc3c(OC)cccc3OC)c2cc1OC. The number of ether oxygens (including phenoxy) is 3. The van der Waals surface area contributed by atoms with Gasteiger partial charge in [0.1, 0.15) is 28.0 Å². The summed E-state index contributed by atoms with van der Waals surface area (Å²) in [5, 5.41) is 9.40. The first-order valence-electron chi connectivity index (χ1n) is 9.37. The van der Waals surface area contributed by atoms with E-state index in [1.54, 1.807) is 33.6 Å². The van der Waals surface area contributed by atoms with Crippen molar-refractivity contribution in [2.45, 2.75) is 11.8 Å². The fraction of sp³-hybridized carbons (Fsp3) is 0.250. The monoisotopic (exact) mass is 446 g/mol. The van der Waals surface area contributed by atoms with Gasteiger partial charge in [0.25, 0.3) is 0 Å². The van der Waals surface area contributed by atoms with E-state index < -0.39 is 0 Å². The Morgan fingerprint density at radius 1 is 1.16 bits per heavy atom. The molecular formula is C20H26N6O4S. The van der Waals surface area contributed by atoms with Crippen LogP contribution in [0.2, 0.25) is 0 Å². The van der Waals surface area contributed by atoms with E-state index in [9.17, 15) is 0 Å². The minimum Gasteiger partial charge on any atom is -0.495 e. The van der Waals surface area contributed by atoms with Gasteiger partial charge in [-0.15, -0.1) is 0 Å². The van der Waals surface area contributed by atoms with Crippen LogP contribution in [0.15, 0.2) is 51.8 Å². The molecule has 0 aliphatic carbocycles. The molecule has 2 aromatic carbocycles. The van der Waals surface area contributed by atoms with Crippen LogP contribution >= 0.6 is 11.9 Å². The molecule has 3 rings (SSSR count). The average Bonchev–Trinajstić information content (AvgIpc) is 3.17. The molecule has 31 heavy (non-hydrogen) atoms. The zero-order valence-electron chi connectivity index (χ0n) is 17.8. The molecule has 0 saturated carbocycles. The molecule has 0 bridgehead atoms. The number of nitrogens with zero attached hydrogens (tertiary/aromatic N) is 2. The van der Waals surface area contributed by atoms with Gasteiger partial charge in [0, 0.05) is 12.6 Å². The summed E-state index contributed by atoms with van der Waals surface area (Å²) in [6.45, 7) is 2.53. The smallest absolute Gasteiger partial charge is 0.187 e. The van der Waals surface area contributed by atoms with Gasteiger partial charge in [-0.3, -0.25) is 0 Å². The Hall–Kier alpha value is -3.44. The molecule has 0 aliphatic rings. The Morgan fingerprint density at radius 3 is 2.45 bits per heavy atom. The normalized spacial score (nSPS) is 11.3. The first-order valence-corrected chi connectivity index (χ1v) is 10.2. The van der Waals surface area contributed by atoms with E-state index in [2.05, 4.69) is 15.2 Å². The second-order valence-corrected chi connectivity index (χ2v) is 7.13. The number of anilines is 2. The molecule has 0 spiro atoms. The highest BCUT2D eigenvalue weighted by molar-refractivity contribution is 8.00. The predicted octanol–water partition coefficient (Wildman–Crippen LogP) is 3.34. The molecule has 0 unspecified atom stereocenters. The Balaban J connectivity index is 1.87. The van der Waals surface area contributed by atoms with Gasteiger partial charge in [-0.05, 0) is 37.1 Å². The Bertz CT molecular complexity index is 1050. The lowest BCUT2D eigenvalue weighted by Crippen LogP contribution is -2.27. The summed E-state index contributed by atoms with van der Waals surface area (Å²) in [7, 11) is 4.78. The van der Waals surface area contributed by atoms with Gasteiger partial charge in [0.2, 0.25) is 0 Å². The van der Waals surface area contributed by atoms with Crippen molar-refractivity contribution in [3.8, 4) is 17.2 Å². The third-order valence-electron chi connectivity index (χ3n) is 4.37. The third-order valence-corrected chi connectivity index (χ3v) is 5.28. The van der Waals surface area contributed by atoms with E-state index in [0.717, 1.165) is 10.3 Å². The van der Waals surface area contributed by atoms with Gasteiger partial charge in [-0.25, -0.2) is 5.84 Å². The van der Waals surface area contributed by atoms with Crippen LogP contribution in [0.25, 0.3) is 11.0 Å². The molecule has 166 valence electrons. The standard InChI is InChI=1S/C20H26N6O4S/c1-5-26(22)11-18(21)23-13-10-16-12(9-17(13)29-4)20(24-30-16)25-31-19-14(27-2)7-6-8-15(19)28-3/h6-11,23H,5,21-22H2,1-4H3,(H,24,25)/b18-11+. The van der Waals surface area contributed by atoms with Crippen molar-refractivity contribution in [2.75, 3.05) is 37.9 Å². The summed E-state index contributed by atoms with van der Waals surface area (Å²) in [5.41, 5.74) is 7.18. The summed E-state index contributed by atoms with van der Waals surface area (Å²) < 4.78 is 25.1. The number of benzene rings is 2. The molecule has 0 fully saturated rings. The van der Waals surface area contributed by atoms with Crippen molar-refractivity contribution in [1.82, 2.24) is 10.2 Å². The van der Waals surface area contributed by atoms with Gasteiger partial charge in [0.05, 0.1) is 38.6 Å². The molecule has 10 nitrogen and oxygen atoms in total. The van der Waals surface area contributed by atoms with E-state index in [1.807, 2.05) is 31.2 Å². The molecule has 3 aromatic rings. The van der Waals surface area contributed by atoms with E-state index in [4.69, 9.17) is 30.3 Å². The maximum atomic E-state index is 6.01. The second-order valence-electron chi connectivity index (χ2n) is 6.32. The van der Waals surface area contributed by atoms with Crippen molar-refractivity contribution in [3.05, 3.63) is 42.4 Å². The van der Waals surface area contributed by atoms with Gasteiger partial charge >= 0.3 is 0 Å². The van der Waals surface area contributed by atoms with E-state index in [1.165, 1.54) is 17.0 Å².